The molecule has 2 amide bonds. The summed E-state index contributed by atoms with van der Waals surface area (Å²) in [5, 5.41) is 15.8. The Hall–Kier alpha value is -2.74. The number of pyridine rings is 2. The molecule has 7 nitrogen and oxygen atoms in total. The SMILES string of the molecule is O=C(Nc1cc(-c2ccc(F)nc2)c(O)cn1)N1CCNCC1. The van der Waals surface area contributed by atoms with Crippen LogP contribution in [0.2, 0.25) is 0 Å². The quantitative estimate of drug-likeness (QED) is 0.729. The highest BCUT2D eigenvalue weighted by atomic mass is 19.1. The van der Waals surface area contributed by atoms with E-state index in [9.17, 15) is 14.3 Å². The number of halogens is 1. The highest BCUT2D eigenvalue weighted by Gasteiger charge is 2.17. The van der Waals surface area contributed by atoms with Gasteiger partial charge in [0.05, 0.1) is 6.20 Å². The van der Waals surface area contributed by atoms with Crippen molar-refractivity contribution in [3.63, 3.8) is 0 Å². The minimum absolute atomic E-state index is 0.0708. The molecule has 2 aromatic rings. The normalized spacial score (nSPS) is 14.6. The molecule has 0 saturated carbocycles. The zero-order valence-electron chi connectivity index (χ0n) is 12.3. The number of piperazine rings is 1. The van der Waals surface area contributed by atoms with Gasteiger partial charge < -0.3 is 15.3 Å². The topological polar surface area (TPSA) is 90.4 Å². The molecular weight excluding hydrogens is 301 g/mol. The molecule has 1 saturated heterocycles. The fourth-order valence-corrected chi connectivity index (χ4v) is 2.34. The lowest BCUT2D eigenvalue weighted by Crippen LogP contribution is -2.48. The molecule has 0 atom stereocenters. The number of nitrogens with zero attached hydrogens (tertiary/aromatic N) is 3. The molecule has 23 heavy (non-hydrogen) atoms. The molecule has 3 heterocycles. The van der Waals surface area contributed by atoms with Crippen LogP contribution in [-0.4, -0.2) is 52.2 Å². The maximum absolute atomic E-state index is 12.9. The van der Waals surface area contributed by atoms with Gasteiger partial charge in [-0.1, -0.05) is 0 Å². The molecule has 0 aromatic carbocycles. The number of amides is 2. The monoisotopic (exact) mass is 317 g/mol. The molecule has 0 unspecified atom stereocenters. The molecular formula is C15H16FN5O2. The Morgan fingerprint density at radius 3 is 2.74 bits per heavy atom. The molecule has 0 bridgehead atoms. The standard InChI is InChI=1S/C15H16FN5O2/c16-13-2-1-10(8-18-13)11-7-14(19-9-12(11)22)20-15(23)21-5-3-17-4-6-21/h1-2,7-9,17,22H,3-6H2,(H,19,20,23). The highest BCUT2D eigenvalue weighted by molar-refractivity contribution is 5.89. The van der Waals surface area contributed by atoms with Crippen LogP contribution < -0.4 is 10.6 Å². The average molecular weight is 317 g/mol. The summed E-state index contributed by atoms with van der Waals surface area (Å²) in [6.45, 7) is 2.75. The van der Waals surface area contributed by atoms with E-state index in [0.717, 1.165) is 13.1 Å². The Morgan fingerprint density at radius 2 is 2.04 bits per heavy atom. The molecule has 0 spiro atoms. The van der Waals surface area contributed by atoms with E-state index < -0.39 is 5.95 Å². The number of urea groups is 1. The fourth-order valence-electron chi connectivity index (χ4n) is 2.34. The van der Waals surface area contributed by atoms with Crippen LogP contribution in [0.3, 0.4) is 0 Å². The van der Waals surface area contributed by atoms with Crippen molar-refractivity contribution in [1.82, 2.24) is 20.2 Å². The first kappa shape index (κ1) is 15.2. The fraction of sp³-hybridized carbons (Fsp3) is 0.267. The Morgan fingerprint density at radius 1 is 1.26 bits per heavy atom. The summed E-state index contributed by atoms with van der Waals surface area (Å²) in [7, 11) is 0. The van der Waals surface area contributed by atoms with Crippen molar-refractivity contribution in [1.29, 1.82) is 0 Å². The van der Waals surface area contributed by atoms with Crippen molar-refractivity contribution in [2.45, 2.75) is 0 Å². The van der Waals surface area contributed by atoms with Crippen LogP contribution >= 0.6 is 0 Å². The summed E-state index contributed by atoms with van der Waals surface area (Å²) in [6.07, 6.45) is 2.55. The van der Waals surface area contributed by atoms with Gasteiger partial charge in [-0.05, 0) is 18.2 Å². The number of carbonyl (C=O) groups is 1. The van der Waals surface area contributed by atoms with Crippen LogP contribution in [0.5, 0.6) is 5.75 Å². The lowest BCUT2D eigenvalue weighted by Gasteiger charge is -2.27. The van der Waals surface area contributed by atoms with E-state index in [1.165, 1.54) is 30.6 Å². The van der Waals surface area contributed by atoms with E-state index in [1.807, 2.05) is 0 Å². The predicted octanol–water partition coefficient (Wildman–Crippen LogP) is 1.43. The van der Waals surface area contributed by atoms with Crippen LogP contribution in [0.25, 0.3) is 11.1 Å². The minimum atomic E-state index is -0.602. The zero-order valence-corrected chi connectivity index (χ0v) is 12.3. The first-order chi connectivity index (χ1) is 11.1. The smallest absolute Gasteiger partial charge is 0.323 e. The second kappa shape index (κ2) is 6.57. The Balaban J connectivity index is 1.79. The number of aromatic nitrogens is 2. The molecule has 3 N–H and O–H groups in total. The minimum Gasteiger partial charge on any atom is -0.506 e. The van der Waals surface area contributed by atoms with Crippen molar-refractivity contribution in [3.8, 4) is 16.9 Å². The Labute approximate surface area is 132 Å². The molecule has 1 aliphatic heterocycles. The summed E-state index contributed by atoms with van der Waals surface area (Å²) in [4.78, 5) is 21.4. The second-order valence-corrected chi connectivity index (χ2v) is 5.12. The lowest BCUT2D eigenvalue weighted by molar-refractivity contribution is 0.204. The molecule has 1 fully saturated rings. The van der Waals surface area contributed by atoms with Gasteiger partial charge >= 0.3 is 6.03 Å². The van der Waals surface area contributed by atoms with E-state index in [4.69, 9.17) is 0 Å². The van der Waals surface area contributed by atoms with Crippen molar-refractivity contribution >= 4 is 11.8 Å². The average Bonchev–Trinajstić information content (AvgIpc) is 2.58. The van der Waals surface area contributed by atoms with E-state index in [2.05, 4.69) is 20.6 Å². The van der Waals surface area contributed by atoms with Gasteiger partial charge in [-0.3, -0.25) is 5.32 Å². The summed E-state index contributed by atoms with van der Waals surface area (Å²) in [5.41, 5.74) is 0.951. The Kier molecular flexibility index (Phi) is 4.33. The third-order valence-corrected chi connectivity index (χ3v) is 3.56. The van der Waals surface area contributed by atoms with Gasteiger partial charge in [-0.15, -0.1) is 0 Å². The van der Waals surface area contributed by atoms with Gasteiger partial charge in [0.15, 0.2) is 0 Å². The van der Waals surface area contributed by atoms with Crippen LogP contribution in [0, 0.1) is 5.95 Å². The third kappa shape index (κ3) is 3.54. The molecule has 2 aromatic heterocycles. The Bertz CT molecular complexity index is 702. The molecule has 1 aliphatic rings. The van der Waals surface area contributed by atoms with Crippen LogP contribution in [-0.2, 0) is 0 Å². The van der Waals surface area contributed by atoms with Gasteiger partial charge in [-0.25, -0.2) is 14.8 Å². The lowest BCUT2D eigenvalue weighted by atomic mass is 10.1. The number of hydrogen-bond acceptors (Lipinski definition) is 5. The number of nitrogens with one attached hydrogen (secondary N) is 2. The van der Waals surface area contributed by atoms with Gasteiger partial charge in [0.2, 0.25) is 5.95 Å². The maximum Gasteiger partial charge on any atom is 0.323 e. The number of anilines is 1. The zero-order chi connectivity index (χ0) is 16.2. The summed E-state index contributed by atoms with van der Waals surface area (Å²) in [5.74, 6) is -0.362. The van der Waals surface area contributed by atoms with E-state index in [1.54, 1.807) is 4.90 Å². The molecule has 3 rings (SSSR count). The summed E-state index contributed by atoms with van der Waals surface area (Å²) in [6, 6.07) is 3.99. The van der Waals surface area contributed by atoms with Gasteiger partial charge in [0.1, 0.15) is 11.6 Å². The largest absolute Gasteiger partial charge is 0.506 e. The molecule has 120 valence electrons. The molecule has 8 heteroatoms. The van der Waals surface area contributed by atoms with E-state index in [-0.39, 0.29) is 11.8 Å². The van der Waals surface area contributed by atoms with Gasteiger partial charge in [0.25, 0.3) is 0 Å². The van der Waals surface area contributed by atoms with Gasteiger partial charge in [0, 0.05) is 43.5 Å². The summed E-state index contributed by atoms with van der Waals surface area (Å²) < 4.78 is 12.9. The van der Waals surface area contributed by atoms with Crippen molar-refractivity contribution in [3.05, 3.63) is 36.5 Å². The molecule has 0 aliphatic carbocycles. The van der Waals surface area contributed by atoms with Crippen LogP contribution in [0.1, 0.15) is 0 Å². The third-order valence-electron chi connectivity index (χ3n) is 3.56. The first-order valence-corrected chi connectivity index (χ1v) is 7.21. The molecule has 0 radical (unpaired) electrons. The number of carbonyl (C=O) groups excluding carboxylic acids is 1. The number of hydrogen-bond donors (Lipinski definition) is 3. The van der Waals surface area contributed by atoms with Crippen LogP contribution in [0.4, 0.5) is 15.0 Å². The van der Waals surface area contributed by atoms with Crippen molar-refractivity contribution in [2.24, 2.45) is 0 Å². The summed E-state index contributed by atoms with van der Waals surface area (Å²) >= 11 is 0. The predicted molar refractivity (Wildman–Crippen MR) is 82.6 cm³/mol. The van der Waals surface area contributed by atoms with Crippen LogP contribution in [0.15, 0.2) is 30.6 Å². The van der Waals surface area contributed by atoms with Crippen molar-refractivity contribution < 1.29 is 14.3 Å². The van der Waals surface area contributed by atoms with E-state index >= 15 is 0 Å². The maximum atomic E-state index is 12.9. The second-order valence-electron chi connectivity index (χ2n) is 5.12. The van der Waals surface area contributed by atoms with Crippen molar-refractivity contribution in [2.75, 3.05) is 31.5 Å². The van der Waals surface area contributed by atoms with Gasteiger partial charge in [-0.2, -0.15) is 4.39 Å². The first-order valence-electron chi connectivity index (χ1n) is 7.21. The number of rotatable bonds is 2. The number of aromatic hydroxyl groups is 1. The highest BCUT2D eigenvalue weighted by Crippen LogP contribution is 2.29. The van der Waals surface area contributed by atoms with E-state index in [0.29, 0.717) is 30.0 Å².